The second-order valence-corrected chi connectivity index (χ2v) is 7.54. The topological polar surface area (TPSA) is 64.7 Å². The number of alkyl halides is 6. The summed E-state index contributed by atoms with van der Waals surface area (Å²) < 4.78 is 79.9. The minimum Gasteiger partial charge on any atom is -0.354 e. The van der Waals surface area contributed by atoms with Gasteiger partial charge in [-0.3, -0.25) is 14.2 Å². The van der Waals surface area contributed by atoms with Crippen LogP contribution >= 0.6 is 0 Å². The third kappa shape index (κ3) is 4.78. The highest BCUT2D eigenvalue weighted by molar-refractivity contribution is 5.75. The lowest BCUT2D eigenvalue weighted by atomic mass is 10.2. The van der Waals surface area contributed by atoms with Crippen LogP contribution in [0.2, 0.25) is 0 Å². The van der Waals surface area contributed by atoms with Crippen molar-refractivity contribution < 1.29 is 31.1 Å². The molecular weight excluding hydrogens is 416 g/mol. The Balaban J connectivity index is 1.57. The van der Waals surface area contributed by atoms with Gasteiger partial charge < -0.3 is 5.32 Å². The van der Waals surface area contributed by atoms with E-state index in [1.165, 1.54) is 11.6 Å². The number of aryl methyl sites for hydroxylation is 1. The van der Waals surface area contributed by atoms with Crippen LogP contribution < -0.4 is 5.32 Å². The Kier molecular flexibility index (Phi) is 5.87. The van der Waals surface area contributed by atoms with Crippen LogP contribution in [0.25, 0.3) is 0 Å². The van der Waals surface area contributed by atoms with E-state index in [-0.39, 0.29) is 37.5 Å². The number of nitrogens with one attached hydrogen (secondary N) is 1. The first-order valence-electron chi connectivity index (χ1n) is 9.40. The van der Waals surface area contributed by atoms with Gasteiger partial charge in [-0.25, -0.2) is 0 Å². The van der Waals surface area contributed by atoms with E-state index in [1.54, 1.807) is 6.92 Å². The molecule has 0 saturated carbocycles. The van der Waals surface area contributed by atoms with Crippen LogP contribution in [0.4, 0.5) is 26.3 Å². The van der Waals surface area contributed by atoms with E-state index < -0.39 is 29.6 Å². The van der Waals surface area contributed by atoms with E-state index >= 15 is 0 Å². The van der Waals surface area contributed by atoms with E-state index in [0.29, 0.717) is 24.2 Å². The molecule has 0 fully saturated rings. The van der Waals surface area contributed by atoms with Gasteiger partial charge >= 0.3 is 12.4 Å². The lowest BCUT2D eigenvalue weighted by Crippen LogP contribution is -2.33. The molecule has 1 N–H and O–H groups in total. The summed E-state index contributed by atoms with van der Waals surface area (Å²) in [4.78, 5) is 12.2. The van der Waals surface area contributed by atoms with E-state index in [9.17, 15) is 31.1 Å². The summed E-state index contributed by atoms with van der Waals surface area (Å²) in [6, 6.07) is 0.946. The lowest BCUT2D eigenvalue weighted by molar-refractivity contribution is -0.142. The van der Waals surface area contributed by atoms with Gasteiger partial charge in [-0.2, -0.15) is 36.5 Å². The highest BCUT2D eigenvalue weighted by atomic mass is 19.4. The number of carbonyl (C=O) groups is 1. The van der Waals surface area contributed by atoms with Crippen molar-refractivity contribution >= 4 is 5.91 Å². The summed E-state index contributed by atoms with van der Waals surface area (Å²) in [7, 11) is 0. The molecule has 0 aliphatic heterocycles. The SMILES string of the molecule is Cc1cc(C(F)(F)F)nn1C[C@@H](C)CNC(=O)Cn1nc(C(F)(F)F)c2c1CCC2. The smallest absolute Gasteiger partial charge is 0.354 e. The molecule has 1 aliphatic carbocycles. The van der Waals surface area contributed by atoms with Gasteiger partial charge in [0, 0.05) is 30.0 Å². The summed E-state index contributed by atoms with van der Waals surface area (Å²) in [5.74, 6) is -0.761. The summed E-state index contributed by atoms with van der Waals surface area (Å²) >= 11 is 0. The van der Waals surface area contributed by atoms with Crippen molar-refractivity contribution in [3.05, 3.63) is 34.4 Å². The van der Waals surface area contributed by atoms with Crippen LogP contribution in [0.5, 0.6) is 0 Å². The molecule has 0 aromatic carbocycles. The van der Waals surface area contributed by atoms with Crippen LogP contribution in [0, 0.1) is 12.8 Å². The van der Waals surface area contributed by atoms with Gasteiger partial charge in [0.05, 0.1) is 0 Å². The number of carbonyl (C=O) groups excluding carboxylic acids is 1. The second-order valence-electron chi connectivity index (χ2n) is 7.54. The molecule has 166 valence electrons. The van der Waals surface area contributed by atoms with Gasteiger partial charge in [-0.05, 0) is 38.2 Å². The quantitative estimate of drug-likeness (QED) is 0.705. The van der Waals surface area contributed by atoms with Gasteiger partial charge in [0.15, 0.2) is 11.4 Å². The van der Waals surface area contributed by atoms with Crippen molar-refractivity contribution in [2.75, 3.05) is 6.54 Å². The molecule has 6 nitrogen and oxygen atoms in total. The summed E-state index contributed by atoms with van der Waals surface area (Å²) in [5, 5.41) is 9.73. The van der Waals surface area contributed by atoms with Crippen molar-refractivity contribution in [3.63, 3.8) is 0 Å². The van der Waals surface area contributed by atoms with Crippen molar-refractivity contribution in [2.45, 2.75) is 58.6 Å². The van der Waals surface area contributed by atoms with Crippen molar-refractivity contribution in [2.24, 2.45) is 5.92 Å². The first kappa shape index (κ1) is 22.2. The van der Waals surface area contributed by atoms with Crippen molar-refractivity contribution in [1.82, 2.24) is 24.9 Å². The molecule has 1 aliphatic rings. The lowest BCUT2D eigenvalue weighted by Gasteiger charge is -2.14. The fourth-order valence-electron chi connectivity index (χ4n) is 3.54. The molecule has 0 radical (unpaired) electrons. The molecule has 0 unspecified atom stereocenters. The fourth-order valence-corrected chi connectivity index (χ4v) is 3.54. The van der Waals surface area contributed by atoms with E-state index in [1.807, 2.05) is 0 Å². The van der Waals surface area contributed by atoms with Gasteiger partial charge in [-0.1, -0.05) is 6.92 Å². The average molecular weight is 437 g/mol. The average Bonchev–Trinajstić information content (AvgIpc) is 3.29. The number of hydrogen-bond acceptors (Lipinski definition) is 3. The monoisotopic (exact) mass is 437 g/mol. The zero-order chi connectivity index (χ0) is 22.3. The Labute approximate surface area is 168 Å². The van der Waals surface area contributed by atoms with Crippen molar-refractivity contribution in [1.29, 1.82) is 0 Å². The molecule has 0 bridgehead atoms. The van der Waals surface area contributed by atoms with Crippen LogP contribution in [0.3, 0.4) is 0 Å². The van der Waals surface area contributed by atoms with E-state index in [0.717, 1.165) is 10.7 Å². The Morgan fingerprint density at radius 3 is 2.43 bits per heavy atom. The number of aromatic nitrogens is 4. The van der Waals surface area contributed by atoms with Crippen LogP contribution in [-0.4, -0.2) is 32.0 Å². The first-order chi connectivity index (χ1) is 13.9. The maximum absolute atomic E-state index is 13.1. The summed E-state index contributed by atoms with van der Waals surface area (Å²) in [6.45, 7) is 3.17. The molecule has 3 rings (SSSR count). The molecule has 0 spiro atoms. The third-order valence-corrected chi connectivity index (χ3v) is 4.97. The summed E-state index contributed by atoms with van der Waals surface area (Å²) in [5.41, 5.74) is -1.00. The number of nitrogens with zero attached hydrogens (tertiary/aromatic N) is 4. The Hall–Kier alpha value is -2.53. The Morgan fingerprint density at radius 1 is 1.13 bits per heavy atom. The molecule has 1 amide bonds. The van der Waals surface area contributed by atoms with Gasteiger partial charge in [-0.15, -0.1) is 0 Å². The molecule has 12 heteroatoms. The predicted molar refractivity (Wildman–Crippen MR) is 93.4 cm³/mol. The highest BCUT2D eigenvalue weighted by Gasteiger charge is 2.40. The van der Waals surface area contributed by atoms with Gasteiger partial charge in [0.1, 0.15) is 6.54 Å². The minimum atomic E-state index is -4.57. The molecule has 1 atom stereocenters. The van der Waals surface area contributed by atoms with E-state index in [4.69, 9.17) is 0 Å². The number of amides is 1. The van der Waals surface area contributed by atoms with Gasteiger partial charge in [0.2, 0.25) is 5.91 Å². The van der Waals surface area contributed by atoms with Crippen LogP contribution in [0.1, 0.15) is 41.7 Å². The molecule has 2 aromatic heterocycles. The number of rotatable bonds is 6. The highest BCUT2D eigenvalue weighted by Crippen LogP contribution is 2.36. The predicted octanol–water partition coefficient (Wildman–Crippen LogP) is 3.37. The standard InChI is InChI=1S/C18H21F6N5O/c1-10(8-28-11(2)6-14(26-28)17(19,20)21)7-25-15(30)9-29-13-5-3-4-12(13)16(27-29)18(22,23)24/h6,10H,3-5,7-9H2,1-2H3,(H,25,30)/t10-/m0/s1. The molecule has 30 heavy (non-hydrogen) atoms. The van der Waals surface area contributed by atoms with Crippen molar-refractivity contribution in [3.8, 4) is 0 Å². The normalized spacial score (nSPS) is 15.3. The zero-order valence-corrected chi connectivity index (χ0v) is 16.4. The number of hydrogen-bond donors (Lipinski definition) is 1. The molecule has 2 heterocycles. The van der Waals surface area contributed by atoms with Crippen LogP contribution in [-0.2, 0) is 43.1 Å². The number of fused-ring (bicyclic) bond motifs is 1. The molecule has 0 saturated heterocycles. The molecule has 2 aromatic rings. The zero-order valence-electron chi connectivity index (χ0n) is 16.4. The third-order valence-electron chi connectivity index (χ3n) is 4.97. The van der Waals surface area contributed by atoms with E-state index in [2.05, 4.69) is 15.5 Å². The first-order valence-corrected chi connectivity index (χ1v) is 9.40. The Bertz CT molecular complexity index is 927. The second kappa shape index (κ2) is 7.95. The molecular formula is C18H21F6N5O. The summed E-state index contributed by atoms with van der Waals surface area (Å²) in [6.07, 6.45) is -7.81. The minimum absolute atomic E-state index is 0.134. The Morgan fingerprint density at radius 2 is 1.83 bits per heavy atom. The maximum atomic E-state index is 13.1. The van der Waals surface area contributed by atoms with Crippen LogP contribution in [0.15, 0.2) is 6.07 Å². The fraction of sp³-hybridized carbons (Fsp3) is 0.611. The maximum Gasteiger partial charge on any atom is 0.435 e. The number of halogens is 6. The van der Waals surface area contributed by atoms with Gasteiger partial charge in [0.25, 0.3) is 0 Å². The largest absolute Gasteiger partial charge is 0.435 e.